The lowest BCUT2D eigenvalue weighted by molar-refractivity contribution is 0.0435. The highest BCUT2D eigenvalue weighted by molar-refractivity contribution is 9.11. The minimum atomic E-state index is 0.851. The third-order valence-corrected chi connectivity index (χ3v) is 5.49. The Morgan fingerprint density at radius 3 is 2.46 bits per heavy atom. The SMILES string of the molecule is C/C(=C/CN1CCOCC1)c1ccc(-c2ccc(Br)cc2Br)cc1. The molecule has 1 fully saturated rings. The zero-order valence-electron chi connectivity index (χ0n) is 13.8. The number of hydrogen-bond donors (Lipinski definition) is 0. The van der Waals surface area contributed by atoms with Gasteiger partial charge in [0.05, 0.1) is 13.2 Å². The first kappa shape index (κ1) is 17.9. The molecule has 4 heteroatoms. The Hall–Kier alpha value is -0.940. The second-order valence-electron chi connectivity index (χ2n) is 6.00. The van der Waals surface area contributed by atoms with E-state index in [1.54, 1.807) is 0 Å². The predicted molar refractivity (Wildman–Crippen MR) is 108 cm³/mol. The van der Waals surface area contributed by atoms with E-state index < -0.39 is 0 Å². The lowest BCUT2D eigenvalue weighted by Crippen LogP contribution is -2.36. The van der Waals surface area contributed by atoms with Gasteiger partial charge < -0.3 is 4.74 Å². The summed E-state index contributed by atoms with van der Waals surface area (Å²) in [5, 5.41) is 0. The Kier molecular flexibility index (Phi) is 6.28. The van der Waals surface area contributed by atoms with Crippen LogP contribution in [0.2, 0.25) is 0 Å². The zero-order chi connectivity index (χ0) is 16.9. The van der Waals surface area contributed by atoms with E-state index in [-0.39, 0.29) is 0 Å². The molecule has 2 nitrogen and oxygen atoms in total. The van der Waals surface area contributed by atoms with Crippen LogP contribution < -0.4 is 0 Å². The largest absolute Gasteiger partial charge is 0.379 e. The maximum Gasteiger partial charge on any atom is 0.0594 e. The van der Waals surface area contributed by atoms with Crippen molar-refractivity contribution in [2.45, 2.75) is 6.92 Å². The highest BCUT2D eigenvalue weighted by Gasteiger charge is 2.09. The molecule has 0 amide bonds. The summed E-state index contributed by atoms with van der Waals surface area (Å²) >= 11 is 7.14. The molecule has 126 valence electrons. The van der Waals surface area contributed by atoms with Gasteiger partial charge in [0.2, 0.25) is 0 Å². The maximum atomic E-state index is 5.39. The van der Waals surface area contributed by atoms with Crippen molar-refractivity contribution in [2.75, 3.05) is 32.8 Å². The molecule has 0 atom stereocenters. The molecule has 0 unspecified atom stereocenters. The number of morpholine rings is 1. The van der Waals surface area contributed by atoms with Gasteiger partial charge in [0.15, 0.2) is 0 Å². The van der Waals surface area contributed by atoms with E-state index in [4.69, 9.17) is 4.74 Å². The van der Waals surface area contributed by atoms with Crippen LogP contribution in [-0.4, -0.2) is 37.7 Å². The first-order chi connectivity index (χ1) is 11.6. The molecule has 3 rings (SSSR count). The van der Waals surface area contributed by atoms with Gasteiger partial charge in [-0.15, -0.1) is 0 Å². The standard InChI is InChI=1S/C20H21Br2NO/c1-15(8-9-23-10-12-24-13-11-23)16-2-4-17(5-3-16)19-7-6-18(21)14-20(19)22/h2-8,14H,9-13H2,1H3/b15-8-. The van der Waals surface area contributed by atoms with Crippen molar-refractivity contribution >= 4 is 37.4 Å². The summed E-state index contributed by atoms with van der Waals surface area (Å²) in [7, 11) is 0. The van der Waals surface area contributed by atoms with Crippen molar-refractivity contribution in [3.63, 3.8) is 0 Å². The molecule has 0 spiro atoms. The van der Waals surface area contributed by atoms with Crippen molar-refractivity contribution in [3.8, 4) is 11.1 Å². The Bertz CT molecular complexity index is 719. The van der Waals surface area contributed by atoms with Crippen LogP contribution in [-0.2, 0) is 4.74 Å². The van der Waals surface area contributed by atoms with E-state index in [1.807, 2.05) is 0 Å². The molecule has 0 aliphatic carbocycles. The molecule has 2 aromatic rings. The van der Waals surface area contributed by atoms with Crippen LogP contribution in [0.3, 0.4) is 0 Å². The topological polar surface area (TPSA) is 12.5 Å². The first-order valence-corrected chi connectivity index (χ1v) is 9.75. The number of hydrogen-bond acceptors (Lipinski definition) is 2. The van der Waals surface area contributed by atoms with Gasteiger partial charge >= 0.3 is 0 Å². The van der Waals surface area contributed by atoms with Crippen LogP contribution in [0.5, 0.6) is 0 Å². The quantitative estimate of drug-likeness (QED) is 0.599. The van der Waals surface area contributed by atoms with Crippen molar-refractivity contribution in [3.05, 3.63) is 63.0 Å². The molecular formula is C20H21Br2NO. The van der Waals surface area contributed by atoms with E-state index in [9.17, 15) is 0 Å². The van der Waals surface area contributed by atoms with Crippen LogP contribution >= 0.6 is 31.9 Å². The molecule has 0 aromatic heterocycles. The zero-order valence-corrected chi connectivity index (χ0v) is 16.9. The first-order valence-electron chi connectivity index (χ1n) is 8.16. The number of benzene rings is 2. The fourth-order valence-corrected chi connectivity index (χ4v) is 4.08. The van der Waals surface area contributed by atoms with E-state index in [0.717, 1.165) is 41.8 Å². The monoisotopic (exact) mass is 449 g/mol. The van der Waals surface area contributed by atoms with Gasteiger partial charge in [-0.25, -0.2) is 0 Å². The van der Waals surface area contributed by atoms with Crippen molar-refractivity contribution in [1.29, 1.82) is 0 Å². The molecule has 0 bridgehead atoms. The fourth-order valence-electron chi connectivity index (χ4n) is 2.80. The maximum absolute atomic E-state index is 5.39. The lowest BCUT2D eigenvalue weighted by atomic mass is 10.0. The Labute approximate surface area is 160 Å². The summed E-state index contributed by atoms with van der Waals surface area (Å²) in [6, 6.07) is 15.1. The molecule has 1 saturated heterocycles. The summed E-state index contributed by atoms with van der Waals surface area (Å²) in [4.78, 5) is 2.43. The van der Waals surface area contributed by atoms with E-state index >= 15 is 0 Å². The number of halogens is 2. The van der Waals surface area contributed by atoms with E-state index in [1.165, 1.54) is 22.3 Å². The van der Waals surface area contributed by atoms with Crippen LogP contribution in [0, 0.1) is 0 Å². The number of allylic oxidation sites excluding steroid dienone is 1. The minimum absolute atomic E-state index is 0.851. The average Bonchev–Trinajstić information content (AvgIpc) is 2.61. The van der Waals surface area contributed by atoms with Gasteiger partial charge in [-0.05, 0) is 41.3 Å². The number of nitrogens with zero attached hydrogens (tertiary/aromatic N) is 1. The number of ether oxygens (including phenoxy) is 1. The van der Waals surface area contributed by atoms with Crippen LogP contribution in [0.25, 0.3) is 16.7 Å². The van der Waals surface area contributed by atoms with Gasteiger partial charge in [0, 0.05) is 28.6 Å². The van der Waals surface area contributed by atoms with Gasteiger partial charge in [-0.1, -0.05) is 68.3 Å². The summed E-state index contributed by atoms with van der Waals surface area (Å²) < 4.78 is 7.58. The molecule has 1 heterocycles. The van der Waals surface area contributed by atoms with Crippen molar-refractivity contribution in [2.24, 2.45) is 0 Å². The normalized spacial score (nSPS) is 16.4. The van der Waals surface area contributed by atoms with Gasteiger partial charge in [0.25, 0.3) is 0 Å². The average molecular weight is 451 g/mol. The summed E-state index contributed by atoms with van der Waals surface area (Å²) in [5.41, 5.74) is 5.03. The van der Waals surface area contributed by atoms with Gasteiger partial charge in [-0.2, -0.15) is 0 Å². The summed E-state index contributed by atoms with van der Waals surface area (Å²) in [6.45, 7) is 6.94. The lowest BCUT2D eigenvalue weighted by Gasteiger charge is -2.25. The van der Waals surface area contributed by atoms with E-state index in [2.05, 4.69) is 92.2 Å². The van der Waals surface area contributed by atoms with Crippen LogP contribution in [0.15, 0.2) is 57.5 Å². The third kappa shape index (κ3) is 4.57. The van der Waals surface area contributed by atoms with E-state index in [0.29, 0.717) is 0 Å². The molecular weight excluding hydrogens is 430 g/mol. The minimum Gasteiger partial charge on any atom is -0.379 e. The molecule has 0 N–H and O–H groups in total. The molecule has 0 radical (unpaired) electrons. The number of rotatable bonds is 4. The highest BCUT2D eigenvalue weighted by Crippen LogP contribution is 2.31. The molecule has 0 saturated carbocycles. The van der Waals surface area contributed by atoms with Gasteiger partial charge in [0.1, 0.15) is 0 Å². The second kappa shape index (κ2) is 8.43. The third-order valence-electron chi connectivity index (χ3n) is 4.34. The van der Waals surface area contributed by atoms with Crippen molar-refractivity contribution in [1.82, 2.24) is 4.90 Å². The second-order valence-corrected chi connectivity index (χ2v) is 7.77. The predicted octanol–water partition coefficient (Wildman–Crippen LogP) is 5.61. The van der Waals surface area contributed by atoms with Crippen LogP contribution in [0.1, 0.15) is 12.5 Å². The molecule has 2 aromatic carbocycles. The summed E-state index contributed by atoms with van der Waals surface area (Å²) in [6.07, 6.45) is 2.32. The van der Waals surface area contributed by atoms with Crippen LogP contribution in [0.4, 0.5) is 0 Å². The Balaban J connectivity index is 1.71. The molecule has 1 aliphatic heterocycles. The Morgan fingerprint density at radius 1 is 1.08 bits per heavy atom. The molecule has 24 heavy (non-hydrogen) atoms. The molecule has 1 aliphatic rings. The van der Waals surface area contributed by atoms with Gasteiger partial charge in [-0.3, -0.25) is 4.90 Å². The van der Waals surface area contributed by atoms with Crippen molar-refractivity contribution < 1.29 is 4.74 Å². The summed E-state index contributed by atoms with van der Waals surface area (Å²) in [5.74, 6) is 0. The fraction of sp³-hybridized carbons (Fsp3) is 0.300. The smallest absolute Gasteiger partial charge is 0.0594 e. The Morgan fingerprint density at radius 2 is 1.79 bits per heavy atom. The highest BCUT2D eigenvalue weighted by atomic mass is 79.9.